The molecule has 1 heterocycles. The highest BCUT2D eigenvalue weighted by atomic mass is 19.4. The van der Waals surface area contributed by atoms with E-state index in [2.05, 4.69) is 31.0 Å². The second-order valence-corrected chi connectivity index (χ2v) is 7.45. The van der Waals surface area contributed by atoms with E-state index in [1.54, 1.807) is 0 Å². The number of hydrogen-bond donors (Lipinski definition) is 1. The highest BCUT2D eigenvalue weighted by Crippen LogP contribution is 2.37. The fourth-order valence-electron chi connectivity index (χ4n) is 3.09. The number of nitrogens with one attached hydrogen (secondary N) is 1. The molecule has 1 saturated carbocycles. The molecule has 2 atom stereocenters. The lowest BCUT2D eigenvalue weighted by atomic mass is 9.84. The zero-order chi connectivity index (χ0) is 15.0. The summed E-state index contributed by atoms with van der Waals surface area (Å²) in [6, 6.07) is 0.810. The van der Waals surface area contributed by atoms with Crippen molar-refractivity contribution in [3.63, 3.8) is 0 Å². The van der Waals surface area contributed by atoms with Crippen molar-refractivity contribution in [2.24, 2.45) is 11.3 Å². The predicted octanol–water partition coefficient (Wildman–Crippen LogP) is 3.43. The summed E-state index contributed by atoms with van der Waals surface area (Å²) >= 11 is 0. The van der Waals surface area contributed by atoms with Crippen LogP contribution in [0.2, 0.25) is 0 Å². The molecule has 2 nitrogen and oxygen atoms in total. The van der Waals surface area contributed by atoms with Crippen LogP contribution in [0.25, 0.3) is 0 Å². The number of halogens is 3. The smallest absolute Gasteiger partial charge is 0.311 e. The number of nitrogens with zero attached hydrogens (tertiary/aromatic N) is 1. The fourth-order valence-corrected chi connectivity index (χ4v) is 3.09. The van der Waals surface area contributed by atoms with E-state index in [0.717, 1.165) is 13.1 Å². The summed E-state index contributed by atoms with van der Waals surface area (Å²) in [5.41, 5.74) is 0.150. The van der Waals surface area contributed by atoms with Crippen molar-refractivity contribution >= 4 is 0 Å². The zero-order valence-electron chi connectivity index (χ0n) is 12.8. The van der Waals surface area contributed by atoms with Crippen molar-refractivity contribution in [3.05, 3.63) is 0 Å². The Labute approximate surface area is 120 Å². The maximum absolute atomic E-state index is 12.3. The SMILES string of the molecule is CC(C)(C)C1CN(CCCC(F)(F)F)C(C2CC2)CN1. The van der Waals surface area contributed by atoms with Gasteiger partial charge in [-0.1, -0.05) is 20.8 Å². The predicted molar refractivity (Wildman–Crippen MR) is 74.6 cm³/mol. The third kappa shape index (κ3) is 4.62. The fraction of sp³-hybridized carbons (Fsp3) is 1.00. The van der Waals surface area contributed by atoms with E-state index < -0.39 is 12.6 Å². The topological polar surface area (TPSA) is 15.3 Å². The van der Waals surface area contributed by atoms with E-state index >= 15 is 0 Å². The molecule has 0 spiro atoms. The Morgan fingerprint density at radius 3 is 2.30 bits per heavy atom. The first-order valence-corrected chi connectivity index (χ1v) is 7.71. The molecule has 1 saturated heterocycles. The summed E-state index contributed by atoms with van der Waals surface area (Å²) in [6.07, 6.45) is -1.98. The van der Waals surface area contributed by atoms with Crippen molar-refractivity contribution in [2.45, 2.75) is 64.7 Å². The van der Waals surface area contributed by atoms with Gasteiger partial charge in [-0.2, -0.15) is 13.2 Å². The van der Waals surface area contributed by atoms with Crippen molar-refractivity contribution < 1.29 is 13.2 Å². The molecular formula is C15H27F3N2. The Hall–Kier alpha value is -0.290. The van der Waals surface area contributed by atoms with Gasteiger partial charge in [0.15, 0.2) is 0 Å². The molecule has 0 aromatic rings. The first-order chi connectivity index (χ1) is 9.17. The molecule has 0 bridgehead atoms. The van der Waals surface area contributed by atoms with Gasteiger partial charge in [-0.3, -0.25) is 4.90 Å². The Morgan fingerprint density at radius 2 is 1.80 bits per heavy atom. The van der Waals surface area contributed by atoms with Gasteiger partial charge < -0.3 is 5.32 Å². The van der Waals surface area contributed by atoms with Gasteiger partial charge in [-0.05, 0) is 37.1 Å². The van der Waals surface area contributed by atoms with Crippen LogP contribution >= 0.6 is 0 Å². The molecule has 0 amide bonds. The molecule has 0 radical (unpaired) electrons. The molecule has 118 valence electrons. The molecule has 5 heteroatoms. The summed E-state index contributed by atoms with van der Waals surface area (Å²) < 4.78 is 36.9. The number of hydrogen-bond acceptors (Lipinski definition) is 2. The molecule has 1 aliphatic heterocycles. The molecule has 20 heavy (non-hydrogen) atoms. The number of rotatable bonds is 4. The summed E-state index contributed by atoms with van der Waals surface area (Å²) in [5.74, 6) is 0.703. The van der Waals surface area contributed by atoms with Crippen molar-refractivity contribution in [2.75, 3.05) is 19.6 Å². The monoisotopic (exact) mass is 292 g/mol. The second-order valence-electron chi connectivity index (χ2n) is 7.45. The molecule has 0 aromatic heterocycles. The van der Waals surface area contributed by atoms with Crippen LogP contribution in [-0.2, 0) is 0 Å². The average Bonchev–Trinajstić information content (AvgIpc) is 3.09. The summed E-state index contributed by atoms with van der Waals surface area (Å²) in [4.78, 5) is 2.32. The van der Waals surface area contributed by atoms with Gasteiger partial charge in [0.1, 0.15) is 0 Å². The van der Waals surface area contributed by atoms with Gasteiger partial charge in [0.25, 0.3) is 0 Å². The Balaban J connectivity index is 1.89. The number of alkyl halides is 3. The van der Waals surface area contributed by atoms with Crippen molar-refractivity contribution in [1.82, 2.24) is 10.2 Å². The van der Waals surface area contributed by atoms with Crippen LogP contribution in [-0.4, -0.2) is 42.8 Å². The van der Waals surface area contributed by atoms with Crippen LogP contribution in [0.15, 0.2) is 0 Å². The van der Waals surface area contributed by atoms with Crippen LogP contribution in [0.1, 0.15) is 46.5 Å². The van der Waals surface area contributed by atoms with Gasteiger partial charge in [0.2, 0.25) is 0 Å². The minimum absolute atomic E-state index is 0.150. The first-order valence-electron chi connectivity index (χ1n) is 7.71. The summed E-state index contributed by atoms with van der Waals surface area (Å²) in [6.45, 7) is 8.96. The highest BCUT2D eigenvalue weighted by molar-refractivity contribution is 4.97. The molecule has 2 rings (SSSR count). The lowest BCUT2D eigenvalue weighted by Crippen LogP contribution is -2.61. The summed E-state index contributed by atoms with van der Waals surface area (Å²) in [5, 5.41) is 3.60. The normalized spacial score (nSPS) is 29.7. The molecule has 2 fully saturated rings. The van der Waals surface area contributed by atoms with E-state index in [4.69, 9.17) is 0 Å². The van der Waals surface area contributed by atoms with Crippen LogP contribution < -0.4 is 5.32 Å². The quantitative estimate of drug-likeness (QED) is 0.854. The maximum atomic E-state index is 12.3. The van der Waals surface area contributed by atoms with Gasteiger partial charge in [0.05, 0.1) is 0 Å². The molecule has 2 unspecified atom stereocenters. The van der Waals surface area contributed by atoms with E-state index in [9.17, 15) is 13.2 Å². The highest BCUT2D eigenvalue weighted by Gasteiger charge is 2.41. The third-order valence-corrected chi connectivity index (χ3v) is 4.58. The number of piperazine rings is 1. The van der Waals surface area contributed by atoms with Gasteiger partial charge in [0, 0.05) is 31.6 Å². The molecule has 1 N–H and O–H groups in total. The van der Waals surface area contributed by atoms with Crippen LogP contribution in [0.3, 0.4) is 0 Å². The molecule has 2 aliphatic rings. The van der Waals surface area contributed by atoms with Crippen LogP contribution in [0.4, 0.5) is 13.2 Å². The minimum atomic E-state index is -4.02. The Morgan fingerprint density at radius 1 is 1.15 bits per heavy atom. The molecule has 1 aliphatic carbocycles. The lowest BCUT2D eigenvalue weighted by molar-refractivity contribution is -0.136. The largest absolute Gasteiger partial charge is 0.389 e. The van der Waals surface area contributed by atoms with E-state index in [1.165, 1.54) is 12.8 Å². The Bertz CT molecular complexity index is 318. The first kappa shape index (κ1) is 16.1. The average molecular weight is 292 g/mol. The van der Waals surface area contributed by atoms with Crippen LogP contribution in [0, 0.1) is 11.3 Å². The second kappa shape index (κ2) is 5.84. The van der Waals surface area contributed by atoms with Crippen molar-refractivity contribution in [3.8, 4) is 0 Å². The van der Waals surface area contributed by atoms with Crippen molar-refractivity contribution in [1.29, 1.82) is 0 Å². The van der Waals surface area contributed by atoms with Gasteiger partial charge in [-0.25, -0.2) is 0 Å². The maximum Gasteiger partial charge on any atom is 0.389 e. The van der Waals surface area contributed by atoms with E-state index in [1.807, 2.05) is 0 Å². The third-order valence-electron chi connectivity index (χ3n) is 4.58. The Kier molecular flexibility index (Phi) is 4.69. The van der Waals surface area contributed by atoms with Gasteiger partial charge >= 0.3 is 6.18 Å². The standard InChI is InChI=1S/C15H27F3N2/c1-14(2,3)13-10-20(8-4-7-15(16,17)18)12(9-19-13)11-5-6-11/h11-13,19H,4-10H2,1-3H3. The molecule has 0 aromatic carbocycles. The molecular weight excluding hydrogens is 265 g/mol. The lowest BCUT2D eigenvalue weighted by Gasteiger charge is -2.45. The van der Waals surface area contributed by atoms with Gasteiger partial charge in [-0.15, -0.1) is 0 Å². The zero-order valence-corrected chi connectivity index (χ0v) is 12.8. The van der Waals surface area contributed by atoms with Crippen LogP contribution in [0.5, 0.6) is 0 Å². The van der Waals surface area contributed by atoms with E-state index in [0.29, 0.717) is 24.5 Å². The minimum Gasteiger partial charge on any atom is -0.311 e. The van der Waals surface area contributed by atoms with E-state index in [-0.39, 0.29) is 11.8 Å². The summed E-state index contributed by atoms with van der Waals surface area (Å²) in [7, 11) is 0.